The van der Waals surface area contributed by atoms with Gasteiger partial charge in [-0.2, -0.15) is 0 Å². The van der Waals surface area contributed by atoms with Crippen molar-refractivity contribution < 1.29 is 14.3 Å². The predicted molar refractivity (Wildman–Crippen MR) is 126 cm³/mol. The lowest BCUT2D eigenvalue weighted by molar-refractivity contribution is -0.147. The maximum Gasteiger partial charge on any atom is 0.321 e. The monoisotopic (exact) mass is 449 g/mol. The van der Waals surface area contributed by atoms with E-state index in [9.17, 15) is 9.59 Å². The molecule has 0 radical (unpaired) electrons. The smallest absolute Gasteiger partial charge is 0.321 e. The zero-order valence-electron chi connectivity index (χ0n) is 17.7. The Morgan fingerprint density at radius 2 is 1.73 bits per heavy atom. The molecule has 1 aromatic carbocycles. The molecule has 2 heterocycles. The van der Waals surface area contributed by atoms with E-state index in [1.165, 1.54) is 18.2 Å². The van der Waals surface area contributed by atoms with Crippen molar-refractivity contribution in [2.75, 3.05) is 24.2 Å². The van der Waals surface area contributed by atoms with Crippen molar-refractivity contribution in [1.29, 1.82) is 0 Å². The second kappa shape index (κ2) is 11.0. The van der Waals surface area contributed by atoms with Crippen LogP contribution >= 0.6 is 24.0 Å². The summed E-state index contributed by atoms with van der Waals surface area (Å²) in [6, 6.07) is 10.1. The van der Waals surface area contributed by atoms with E-state index >= 15 is 0 Å². The van der Waals surface area contributed by atoms with Gasteiger partial charge in [0.25, 0.3) is 0 Å². The number of carbonyl (C=O) groups excluding carboxylic acids is 2. The van der Waals surface area contributed by atoms with Crippen molar-refractivity contribution in [1.82, 2.24) is 9.80 Å². The van der Waals surface area contributed by atoms with E-state index in [1.807, 2.05) is 30.3 Å². The van der Waals surface area contributed by atoms with E-state index in [0.29, 0.717) is 38.0 Å². The van der Waals surface area contributed by atoms with Crippen LogP contribution in [0.5, 0.6) is 0 Å². The average Bonchev–Trinajstić information content (AvgIpc) is 2.73. The second-order valence-corrected chi connectivity index (χ2v) is 9.67. The maximum atomic E-state index is 12.4. The van der Waals surface area contributed by atoms with Crippen LogP contribution in [0.15, 0.2) is 30.3 Å². The number of esters is 1. The van der Waals surface area contributed by atoms with Crippen LogP contribution in [-0.2, 0) is 9.53 Å². The van der Waals surface area contributed by atoms with Crippen molar-refractivity contribution >= 4 is 46.0 Å². The molecule has 2 aliphatic heterocycles. The zero-order valence-corrected chi connectivity index (χ0v) is 19.3. The van der Waals surface area contributed by atoms with Crippen molar-refractivity contribution in [2.24, 2.45) is 0 Å². The molecule has 2 atom stereocenters. The Bertz CT molecular complexity index is 728. The second-order valence-electron chi connectivity index (χ2n) is 8.06. The lowest BCUT2D eigenvalue weighted by Gasteiger charge is -2.40. The van der Waals surface area contributed by atoms with Crippen LogP contribution in [0.2, 0.25) is 0 Å². The van der Waals surface area contributed by atoms with Crippen LogP contribution in [-0.4, -0.2) is 63.2 Å². The third-order valence-electron chi connectivity index (χ3n) is 5.77. The molecule has 8 heteroatoms. The minimum atomic E-state index is -0.230. The van der Waals surface area contributed by atoms with Crippen LogP contribution < -0.4 is 5.32 Å². The molecule has 0 aliphatic carbocycles. The van der Waals surface area contributed by atoms with Gasteiger partial charge >= 0.3 is 12.0 Å². The van der Waals surface area contributed by atoms with Gasteiger partial charge in [-0.05, 0) is 45.2 Å². The van der Waals surface area contributed by atoms with Crippen molar-refractivity contribution in [3.63, 3.8) is 0 Å². The maximum absolute atomic E-state index is 12.4. The quantitative estimate of drug-likeness (QED) is 0.539. The van der Waals surface area contributed by atoms with E-state index in [4.69, 9.17) is 17.0 Å². The summed E-state index contributed by atoms with van der Waals surface area (Å²) >= 11 is 6.98. The molecule has 0 unspecified atom stereocenters. The third kappa shape index (κ3) is 6.35. The van der Waals surface area contributed by atoms with Gasteiger partial charge < -0.3 is 19.9 Å². The summed E-state index contributed by atoms with van der Waals surface area (Å²) < 4.78 is 6.42. The summed E-state index contributed by atoms with van der Waals surface area (Å²) in [6.45, 7) is 5.54. The molecule has 3 rings (SSSR count). The Labute approximate surface area is 188 Å². The predicted octanol–water partition coefficient (Wildman–Crippen LogP) is 4.51. The standard InChI is InChI=1S/C22H31N3O3S2/c1-16-7-6-8-17(2)25(16)22(29)30-15-20(26)28-19-11-13-24(14-12-19)21(27)23-18-9-4-3-5-10-18/h3-5,9-10,16-17,19H,6-8,11-15H2,1-2H3,(H,23,27)/t16-,17+. The number of rotatable bonds is 4. The summed E-state index contributed by atoms with van der Waals surface area (Å²) in [5.74, 6) is 0.00980. The van der Waals surface area contributed by atoms with E-state index in [1.54, 1.807) is 4.90 Å². The van der Waals surface area contributed by atoms with Crippen LogP contribution in [0.25, 0.3) is 0 Å². The molecule has 0 aromatic heterocycles. The number of carbonyl (C=O) groups is 2. The number of piperidine rings is 2. The highest BCUT2D eigenvalue weighted by Gasteiger charge is 2.28. The largest absolute Gasteiger partial charge is 0.462 e. The van der Waals surface area contributed by atoms with E-state index in [-0.39, 0.29) is 23.9 Å². The molecular weight excluding hydrogens is 418 g/mol. The van der Waals surface area contributed by atoms with Gasteiger partial charge in [0.05, 0.1) is 5.75 Å². The number of amides is 2. The summed E-state index contributed by atoms with van der Waals surface area (Å²) in [7, 11) is 0. The van der Waals surface area contributed by atoms with Gasteiger partial charge in [0, 0.05) is 43.7 Å². The first-order valence-electron chi connectivity index (χ1n) is 10.7. The molecule has 1 aromatic rings. The lowest BCUT2D eigenvalue weighted by Crippen LogP contribution is -2.46. The van der Waals surface area contributed by atoms with Crippen LogP contribution in [0.1, 0.15) is 46.0 Å². The van der Waals surface area contributed by atoms with Gasteiger partial charge in [-0.15, -0.1) is 0 Å². The molecule has 0 saturated carbocycles. The van der Waals surface area contributed by atoms with Crippen molar-refractivity contribution in [3.05, 3.63) is 30.3 Å². The van der Waals surface area contributed by atoms with Crippen molar-refractivity contribution in [2.45, 2.75) is 64.1 Å². The number of para-hydroxylation sites is 1. The van der Waals surface area contributed by atoms with Gasteiger partial charge in [0.15, 0.2) is 0 Å². The fraction of sp³-hybridized carbons (Fsp3) is 0.591. The Morgan fingerprint density at radius 3 is 2.37 bits per heavy atom. The number of hydrogen-bond acceptors (Lipinski definition) is 5. The highest BCUT2D eigenvalue weighted by atomic mass is 32.2. The molecule has 2 aliphatic rings. The normalized spacial score (nSPS) is 22.5. The molecule has 6 nitrogen and oxygen atoms in total. The van der Waals surface area contributed by atoms with Gasteiger partial charge in [0.2, 0.25) is 0 Å². The van der Waals surface area contributed by atoms with E-state index in [0.717, 1.165) is 22.8 Å². The SMILES string of the molecule is C[C@@H]1CCC[C@H](C)N1C(=S)SCC(=O)OC1CCN(C(=O)Nc2ccccc2)CC1. The zero-order chi connectivity index (χ0) is 21.5. The number of likely N-dealkylation sites (tertiary alicyclic amines) is 2. The highest BCUT2D eigenvalue weighted by molar-refractivity contribution is 8.23. The molecule has 2 fully saturated rings. The summed E-state index contributed by atoms with van der Waals surface area (Å²) in [5, 5.41) is 2.90. The topological polar surface area (TPSA) is 61.9 Å². The lowest BCUT2D eigenvalue weighted by atomic mass is 9.99. The number of anilines is 1. The minimum absolute atomic E-state index is 0.114. The molecule has 0 bridgehead atoms. The minimum Gasteiger partial charge on any atom is -0.462 e. The van der Waals surface area contributed by atoms with Crippen LogP contribution in [0, 0.1) is 0 Å². The number of benzene rings is 1. The molecule has 1 N–H and O–H groups in total. The van der Waals surface area contributed by atoms with Gasteiger partial charge in [-0.25, -0.2) is 4.79 Å². The molecule has 164 valence electrons. The summed E-state index contributed by atoms with van der Waals surface area (Å²) in [4.78, 5) is 28.7. The molecular formula is C22H31N3O3S2. The first-order chi connectivity index (χ1) is 14.4. The summed E-state index contributed by atoms with van der Waals surface area (Å²) in [6.07, 6.45) is 4.70. The first-order valence-corrected chi connectivity index (χ1v) is 12.1. The Balaban J connectivity index is 1.37. The first kappa shape index (κ1) is 22.9. The number of thioether (sulfide) groups is 1. The van der Waals surface area contributed by atoms with Crippen LogP contribution in [0.3, 0.4) is 0 Å². The van der Waals surface area contributed by atoms with E-state index in [2.05, 4.69) is 24.1 Å². The number of nitrogens with one attached hydrogen (secondary N) is 1. The molecule has 2 amide bonds. The molecule has 30 heavy (non-hydrogen) atoms. The number of ether oxygens (including phenoxy) is 1. The fourth-order valence-electron chi connectivity index (χ4n) is 4.10. The van der Waals surface area contributed by atoms with Crippen LogP contribution in [0.4, 0.5) is 10.5 Å². The Kier molecular flexibility index (Phi) is 8.39. The Morgan fingerprint density at radius 1 is 1.10 bits per heavy atom. The average molecular weight is 450 g/mol. The van der Waals surface area contributed by atoms with E-state index < -0.39 is 0 Å². The van der Waals surface area contributed by atoms with Gasteiger partial charge in [-0.3, -0.25) is 4.79 Å². The molecule has 0 spiro atoms. The highest BCUT2D eigenvalue weighted by Crippen LogP contribution is 2.26. The fourth-order valence-corrected chi connectivity index (χ4v) is 5.45. The van der Waals surface area contributed by atoms with Crippen molar-refractivity contribution in [3.8, 4) is 0 Å². The summed E-state index contributed by atoms with van der Waals surface area (Å²) in [5.41, 5.74) is 0.779. The van der Waals surface area contributed by atoms with Gasteiger partial charge in [0.1, 0.15) is 10.4 Å². The number of thiocarbonyl (C=S) groups is 1. The number of nitrogens with zero attached hydrogens (tertiary/aromatic N) is 2. The number of urea groups is 1. The third-order valence-corrected chi connectivity index (χ3v) is 7.17. The van der Waals surface area contributed by atoms with Gasteiger partial charge in [-0.1, -0.05) is 42.2 Å². The Hall–Kier alpha value is -1.80. The molecule has 2 saturated heterocycles. The number of hydrogen-bond donors (Lipinski definition) is 1.